The molecule has 5 aliphatic rings. The van der Waals surface area contributed by atoms with Crippen molar-refractivity contribution in [1.29, 1.82) is 0 Å². The summed E-state index contributed by atoms with van der Waals surface area (Å²) in [5, 5.41) is 2.79. The van der Waals surface area contributed by atoms with Gasteiger partial charge in [0.05, 0.1) is 22.2 Å². The van der Waals surface area contributed by atoms with Crippen molar-refractivity contribution in [2.75, 3.05) is 63.9 Å². The number of amides is 4. The van der Waals surface area contributed by atoms with E-state index in [1.807, 2.05) is 29.2 Å². The Hall–Kier alpha value is -3.55. The second-order valence-corrected chi connectivity index (χ2v) is 15.4. The fraction of sp³-hybridized carbons (Fsp3) is 0.595. The number of nitrogens with zero attached hydrogens (tertiary/aromatic N) is 5. The first-order valence-corrected chi connectivity index (χ1v) is 18.6. The van der Waals surface area contributed by atoms with E-state index in [-0.39, 0.29) is 47.3 Å². The van der Waals surface area contributed by atoms with Gasteiger partial charge in [-0.1, -0.05) is 29.8 Å². The molecule has 276 valence electrons. The second kappa shape index (κ2) is 14.5. The van der Waals surface area contributed by atoms with Crippen molar-refractivity contribution in [1.82, 2.24) is 24.5 Å². The third-order valence-corrected chi connectivity index (χ3v) is 12.3. The summed E-state index contributed by atoms with van der Waals surface area (Å²) in [6.07, 6.45) is -0.159. The number of alkyl halides is 3. The minimum atomic E-state index is -4.72. The van der Waals surface area contributed by atoms with Gasteiger partial charge in [0, 0.05) is 82.1 Å². The number of likely N-dealkylation sites (N-methyl/N-ethyl adjacent to an activating group) is 1. The molecule has 14 heteroatoms. The lowest BCUT2D eigenvalue weighted by Crippen LogP contribution is -2.54. The topological polar surface area (TPSA) is 105 Å². The van der Waals surface area contributed by atoms with Gasteiger partial charge < -0.3 is 30.7 Å². The molecule has 5 aliphatic heterocycles. The largest absolute Gasteiger partial charge is 0.418 e. The molecule has 4 amide bonds. The molecule has 7 rings (SSSR count). The predicted octanol–water partition coefficient (Wildman–Crippen LogP) is 4.95. The number of hydrogen-bond donors (Lipinski definition) is 2. The number of rotatable bonds is 7. The predicted molar refractivity (Wildman–Crippen MR) is 189 cm³/mol. The third-order valence-electron chi connectivity index (χ3n) is 11.9. The van der Waals surface area contributed by atoms with Gasteiger partial charge >= 0.3 is 12.2 Å². The average molecular weight is 730 g/mol. The van der Waals surface area contributed by atoms with Gasteiger partial charge in [0.2, 0.25) is 11.8 Å². The molecule has 0 aromatic heterocycles. The van der Waals surface area contributed by atoms with Gasteiger partial charge in [0.1, 0.15) is 0 Å². The van der Waals surface area contributed by atoms with Crippen LogP contribution in [0.2, 0.25) is 5.02 Å². The van der Waals surface area contributed by atoms with Crippen LogP contribution in [-0.2, 0) is 28.6 Å². The average Bonchev–Trinajstić information content (AvgIpc) is 3.64. The number of likely N-dealkylation sites (tertiary alicyclic amines) is 4. The zero-order valence-electron chi connectivity index (χ0n) is 29.0. The van der Waals surface area contributed by atoms with E-state index in [2.05, 4.69) is 22.2 Å². The maximum atomic E-state index is 14.2. The Labute approximate surface area is 302 Å². The molecule has 4 saturated heterocycles. The number of anilines is 2. The summed E-state index contributed by atoms with van der Waals surface area (Å²) >= 11 is 6.17. The first kappa shape index (κ1) is 35.8. The van der Waals surface area contributed by atoms with Crippen LogP contribution in [0.15, 0.2) is 36.4 Å². The van der Waals surface area contributed by atoms with Crippen molar-refractivity contribution in [3.8, 4) is 0 Å². The number of nitrogens with two attached hydrogens (primary N) is 1. The molecule has 4 fully saturated rings. The van der Waals surface area contributed by atoms with Crippen LogP contribution < -0.4 is 11.1 Å². The van der Waals surface area contributed by atoms with Crippen LogP contribution in [-0.4, -0.2) is 119 Å². The highest BCUT2D eigenvalue weighted by Gasteiger charge is 2.45. The monoisotopic (exact) mass is 729 g/mol. The van der Waals surface area contributed by atoms with Gasteiger partial charge in [0.15, 0.2) is 0 Å². The molecular weight excluding hydrogens is 683 g/mol. The maximum absolute atomic E-state index is 14.2. The number of piperazine rings is 1. The smallest absolute Gasteiger partial charge is 0.397 e. The lowest BCUT2D eigenvalue weighted by Gasteiger charge is -2.42. The van der Waals surface area contributed by atoms with E-state index in [9.17, 15) is 27.6 Å². The molecule has 3 atom stereocenters. The maximum Gasteiger partial charge on any atom is 0.418 e. The molecule has 0 radical (unpaired) electrons. The Bertz CT molecular complexity index is 1640. The summed E-state index contributed by atoms with van der Waals surface area (Å²) in [7, 11) is 2.17. The third kappa shape index (κ3) is 7.52. The summed E-state index contributed by atoms with van der Waals surface area (Å²) < 4.78 is 41.6. The van der Waals surface area contributed by atoms with Gasteiger partial charge in [-0.05, 0) is 81.3 Å². The molecule has 0 saturated carbocycles. The Kier molecular flexibility index (Phi) is 10.2. The molecule has 10 nitrogen and oxygen atoms in total. The molecule has 2 aromatic carbocycles. The zero-order chi connectivity index (χ0) is 36.0. The summed E-state index contributed by atoms with van der Waals surface area (Å²) in [5.74, 6) is -1.30. The number of nitrogens with one attached hydrogen (secondary N) is 1. The summed E-state index contributed by atoms with van der Waals surface area (Å²) in [4.78, 5) is 51.5. The van der Waals surface area contributed by atoms with E-state index < -0.39 is 23.3 Å². The Morgan fingerprint density at radius 1 is 0.941 bits per heavy atom. The number of hydrogen-bond acceptors (Lipinski definition) is 6. The van der Waals surface area contributed by atoms with Crippen LogP contribution in [0.5, 0.6) is 0 Å². The van der Waals surface area contributed by atoms with Crippen LogP contribution in [0.1, 0.15) is 55.2 Å². The Morgan fingerprint density at radius 2 is 1.63 bits per heavy atom. The van der Waals surface area contributed by atoms with E-state index in [1.54, 1.807) is 9.80 Å². The molecule has 2 bridgehead atoms. The van der Waals surface area contributed by atoms with Crippen LogP contribution in [0.3, 0.4) is 0 Å². The first-order chi connectivity index (χ1) is 24.4. The highest BCUT2D eigenvalue weighted by Crippen LogP contribution is 2.39. The van der Waals surface area contributed by atoms with Gasteiger partial charge in [-0.15, -0.1) is 0 Å². The first-order valence-electron chi connectivity index (χ1n) is 18.2. The van der Waals surface area contributed by atoms with E-state index in [0.29, 0.717) is 63.7 Å². The quantitative estimate of drug-likeness (QED) is 0.391. The fourth-order valence-corrected chi connectivity index (χ4v) is 9.32. The molecule has 2 unspecified atom stereocenters. The molecule has 5 heterocycles. The lowest BCUT2D eigenvalue weighted by molar-refractivity contribution is -0.143. The number of piperidine rings is 2. The van der Waals surface area contributed by atoms with Crippen molar-refractivity contribution in [2.24, 2.45) is 5.92 Å². The number of benzene rings is 2. The van der Waals surface area contributed by atoms with Crippen LogP contribution in [0, 0.1) is 5.92 Å². The normalized spacial score (nSPS) is 24.4. The molecular formula is C37H47ClF3N7O3. The summed E-state index contributed by atoms with van der Waals surface area (Å²) in [5.41, 5.74) is 6.22. The van der Waals surface area contributed by atoms with Crippen molar-refractivity contribution in [3.05, 3.63) is 58.1 Å². The van der Waals surface area contributed by atoms with Gasteiger partial charge in [-0.3, -0.25) is 14.5 Å². The minimum Gasteiger partial charge on any atom is -0.397 e. The molecule has 3 N–H and O–H groups in total. The van der Waals surface area contributed by atoms with Crippen molar-refractivity contribution < 1.29 is 27.6 Å². The molecule has 0 spiro atoms. The minimum absolute atomic E-state index is 0.0361. The van der Waals surface area contributed by atoms with Gasteiger partial charge in [0.25, 0.3) is 0 Å². The standard InChI is InChI=1S/C37H47ClF3N7O3/c1-44-21-29-20-28(44)22-48(29)27-9-13-46(14-10-27)35(50)25(16-23-17-30(37(39,40)41)34(42)31(38)18-23)19-33(49)45-11-7-26(8-12-45)47-15-6-24-4-2-3-5-32(24)43-36(47)51/h2-5,17-18,25-29H,6-16,19-22,42H2,1H3,(H,43,51)/t25-,28?,29?/m0/s1. The second-order valence-electron chi connectivity index (χ2n) is 15.0. The Balaban J connectivity index is 1.02. The van der Waals surface area contributed by atoms with E-state index in [0.717, 1.165) is 49.7 Å². The van der Waals surface area contributed by atoms with Crippen molar-refractivity contribution >= 4 is 40.8 Å². The van der Waals surface area contributed by atoms with Gasteiger partial charge in [-0.2, -0.15) is 13.2 Å². The number of carbonyl (C=O) groups excluding carboxylic acids is 3. The lowest BCUT2D eigenvalue weighted by atomic mass is 9.91. The molecule has 0 aliphatic carbocycles. The Morgan fingerprint density at radius 3 is 2.29 bits per heavy atom. The number of fused-ring (bicyclic) bond motifs is 3. The van der Waals surface area contributed by atoms with Gasteiger partial charge in [-0.25, -0.2) is 4.79 Å². The SMILES string of the molecule is CN1CC2CC1CN2C1CCN(C(=O)[C@H](CC(=O)N2CCC(N3CCc4ccccc4NC3=O)CC2)Cc2cc(Cl)c(N)c(C(F)(F)F)c2)CC1. The van der Waals surface area contributed by atoms with E-state index in [4.69, 9.17) is 17.3 Å². The van der Waals surface area contributed by atoms with Crippen LogP contribution in [0.4, 0.5) is 29.3 Å². The van der Waals surface area contributed by atoms with Crippen molar-refractivity contribution in [3.63, 3.8) is 0 Å². The van der Waals surface area contributed by atoms with Crippen LogP contribution >= 0.6 is 11.6 Å². The number of urea groups is 1. The summed E-state index contributed by atoms with van der Waals surface area (Å²) in [6, 6.07) is 11.4. The van der Waals surface area contributed by atoms with E-state index in [1.165, 1.54) is 12.5 Å². The molecule has 2 aromatic rings. The number of carbonyl (C=O) groups is 3. The summed E-state index contributed by atoms with van der Waals surface area (Å²) in [6.45, 7) is 4.62. The highest BCUT2D eigenvalue weighted by atomic mass is 35.5. The molecule has 51 heavy (non-hydrogen) atoms. The fourth-order valence-electron chi connectivity index (χ4n) is 9.08. The zero-order valence-corrected chi connectivity index (χ0v) is 29.8. The van der Waals surface area contributed by atoms with Crippen molar-refractivity contribution in [2.45, 2.75) is 81.7 Å². The highest BCUT2D eigenvalue weighted by molar-refractivity contribution is 6.33. The number of nitrogen functional groups attached to an aromatic ring is 1. The van der Waals surface area contributed by atoms with Crippen LogP contribution in [0.25, 0.3) is 0 Å². The number of halogens is 4. The van der Waals surface area contributed by atoms with E-state index >= 15 is 0 Å². The number of para-hydroxylation sites is 1.